The van der Waals surface area contributed by atoms with Crippen LogP contribution in [-0.2, 0) is 6.42 Å². The summed E-state index contributed by atoms with van der Waals surface area (Å²) in [5.41, 5.74) is 7.54. The van der Waals surface area contributed by atoms with Gasteiger partial charge in [0.1, 0.15) is 0 Å². The van der Waals surface area contributed by atoms with E-state index in [4.69, 9.17) is 10.7 Å². The van der Waals surface area contributed by atoms with E-state index in [0.29, 0.717) is 12.0 Å². The second kappa shape index (κ2) is 5.63. The molecule has 2 aromatic rings. The maximum absolute atomic E-state index is 6.32. The second-order valence-corrected chi connectivity index (χ2v) is 6.79. The van der Waals surface area contributed by atoms with E-state index in [0.717, 1.165) is 17.3 Å². The van der Waals surface area contributed by atoms with E-state index in [1.807, 2.05) is 0 Å². The summed E-state index contributed by atoms with van der Waals surface area (Å²) in [4.78, 5) is 5.80. The van der Waals surface area contributed by atoms with Crippen LogP contribution in [-0.4, -0.2) is 15.4 Å². The van der Waals surface area contributed by atoms with Crippen molar-refractivity contribution >= 4 is 16.3 Å². The predicted octanol–water partition coefficient (Wildman–Crippen LogP) is 3.48. The molecule has 2 aromatic heterocycles. The fraction of sp³-hybridized carbons (Fsp3) is 0.667. The molecule has 2 heterocycles. The van der Waals surface area contributed by atoms with Crippen molar-refractivity contribution in [1.82, 2.24) is 9.38 Å². The van der Waals surface area contributed by atoms with Crippen LogP contribution in [0.25, 0.3) is 4.96 Å². The smallest absolute Gasteiger partial charge is 0.193 e. The van der Waals surface area contributed by atoms with Crippen molar-refractivity contribution in [2.45, 2.75) is 51.5 Å². The van der Waals surface area contributed by atoms with Gasteiger partial charge in [0.2, 0.25) is 0 Å². The lowest BCUT2D eigenvalue weighted by Crippen LogP contribution is -2.37. The van der Waals surface area contributed by atoms with Crippen molar-refractivity contribution in [3.63, 3.8) is 0 Å². The molecule has 2 N–H and O–H groups in total. The highest BCUT2D eigenvalue weighted by atomic mass is 32.1. The first-order valence-electron chi connectivity index (χ1n) is 7.43. The summed E-state index contributed by atoms with van der Waals surface area (Å²) in [6, 6.07) is 0.368. The molecule has 0 spiro atoms. The van der Waals surface area contributed by atoms with Crippen molar-refractivity contribution in [1.29, 1.82) is 0 Å². The number of aromatic nitrogens is 2. The SMILES string of the molecule is CCCC1CCC(N)C(Cc2cn3ccsc3n2)C1. The normalized spacial score (nSPS) is 28.0. The Morgan fingerprint density at radius 2 is 2.37 bits per heavy atom. The molecular weight excluding hydrogens is 254 g/mol. The van der Waals surface area contributed by atoms with Gasteiger partial charge in [0.05, 0.1) is 5.69 Å². The van der Waals surface area contributed by atoms with Crippen LogP contribution in [0, 0.1) is 11.8 Å². The highest BCUT2D eigenvalue weighted by Gasteiger charge is 2.28. The van der Waals surface area contributed by atoms with Crippen LogP contribution < -0.4 is 5.73 Å². The summed E-state index contributed by atoms with van der Waals surface area (Å²) < 4.78 is 2.12. The fourth-order valence-corrected chi connectivity index (χ4v) is 4.15. The molecule has 3 atom stereocenters. The number of hydrogen-bond donors (Lipinski definition) is 1. The quantitative estimate of drug-likeness (QED) is 0.929. The van der Waals surface area contributed by atoms with E-state index in [9.17, 15) is 0 Å². The molecule has 0 amide bonds. The summed E-state index contributed by atoms with van der Waals surface area (Å²) in [6.07, 6.45) is 11.8. The zero-order valence-corrected chi connectivity index (χ0v) is 12.4. The summed E-state index contributed by atoms with van der Waals surface area (Å²) >= 11 is 1.70. The van der Waals surface area contributed by atoms with Crippen LogP contribution in [0.15, 0.2) is 17.8 Å². The van der Waals surface area contributed by atoms with Gasteiger partial charge in [0.25, 0.3) is 0 Å². The van der Waals surface area contributed by atoms with Crippen LogP contribution in [0.5, 0.6) is 0 Å². The summed E-state index contributed by atoms with van der Waals surface area (Å²) in [5.74, 6) is 1.51. The molecule has 0 aliphatic heterocycles. The van der Waals surface area contributed by atoms with Gasteiger partial charge >= 0.3 is 0 Å². The number of nitrogens with zero attached hydrogens (tertiary/aromatic N) is 2. The van der Waals surface area contributed by atoms with Crippen LogP contribution in [0.2, 0.25) is 0 Å². The molecule has 3 nitrogen and oxygen atoms in total. The minimum absolute atomic E-state index is 0.368. The van der Waals surface area contributed by atoms with Crippen molar-refractivity contribution in [3.05, 3.63) is 23.5 Å². The van der Waals surface area contributed by atoms with Gasteiger partial charge in [-0.1, -0.05) is 19.8 Å². The minimum atomic E-state index is 0.368. The molecular formula is C15H23N3S. The van der Waals surface area contributed by atoms with E-state index in [-0.39, 0.29) is 0 Å². The van der Waals surface area contributed by atoms with Crippen molar-refractivity contribution in [2.75, 3.05) is 0 Å². The molecule has 1 aliphatic carbocycles. The third-order valence-electron chi connectivity index (χ3n) is 4.46. The molecule has 4 heteroatoms. The predicted molar refractivity (Wildman–Crippen MR) is 80.5 cm³/mol. The Labute approximate surface area is 118 Å². The average molecular weight is 277 g/mol. The van der Waals surface area contributed by atoms with Gasteiger partial charge in [-0.25, -0.2) is 4.98 Å². The lowest BCUT2D eigenvalue weighted by atomic mass is 9.75. The molecule has 19 heavy (non-hydrogen) atoms. The summed E-state index contributed by atoms with van der Waals surface area (Å²) in [5, 5.41) is 2.08. The van der Waals surface area contributed by atoms with Crippen LogP contribution in [0.3, 0.4) is 0 Å². The molecule has 1 aliphatic rings. The van der Waals surface area contributed by atoms with E-state index in [2.05, 4.69) is 29.1 Å². The van der Waals surface area contributed by atoms with Crippen molar-refractivity contribution < 1.29 is 0 Å². The number of hydrogen-bond acceptors (Lipinski definition) is 3. The Hall–Kier alpha value is -0.870. The molecule has 104 valence electrons. The Morgan fingerprint density at radius 3 is 3.16 bits per heavy atom. The Kier molecular flexibility index (Phi) is 3.89. The molecule has 0 radical (unpaired) electrons. The van der Waals surface area contributed by atoms with Crippen LogP contribution >= 0.6 is 11.3 Å². The van der Waals surface area contributed by atoms with Gasteiger partial charge in [0.15, 0.2) is 4.96 Å². The number of rotatable bonds is 4. The molecule has 0 bridgehead atoms. The third-order valence-corrected chi connectivity index (χ3v) is 5.23. The van der Waals surface area contributed by atoms with Gasteiger partial charge in [0, 0.05) is 23.8 Å². The number of thiazole rings is 1. The number of nitrogens with two attached hydrogens (primary N) is 1. The first-order valence-corrected chi connectivity index (χ1v) is 8.31. The maximum atomic E-state index is 6.32. The highest BCUT2D eigenvalue weighted by molar-refractivity contribution is 7.15. The minimum Gasteiger partial charge on any atom is -0.327 e. The van der Waals surface area contributed by atoms with Gasteiger partial charge in [-0.3, -0.25) is 4.40 Å². The van der Waals surface area contributed by atoms with Gasteiger partial charge in [-0.2, -0.15) is 0 Å². The number of imidazole rings is 1. The zero-order chi connectivity index (χ0) is 13.2. The van der Waals surface area contributed by atoms with E-state index >= 15 is 0 Å². The Bertz CT molecular complexity index is 502. The monoisotopic (exact) mass is 277 g/mol. The lowest BCUT2D eigenvalue weighted by Gasteiger charge is -2.33. The van der Waals surface area contributed by atoms with E-state index in [1.165, 1.54) is 37.8 Å². The van der Waals surface area contributed by atoms with E-state index < -0.39 is 0 Å². The molecule has 1 fully saturated rings. The van der Waals surface area contributed by atoms with Gasteiger partial charge in [-0.15, -0.1) is 11.3 Å². The summed E-state index contributed by atoms with van der Waals surface area (Å²) in [7, 11) is 0. The lowest BCUT2D eigenvalue weighted by molar-refractivity contribution is 0.220. The van der Waals surface area contributed by atoms with Gasteiger partial charge < -0.3 is 5.73 Å². The molecule has 0 aromatic carbocycles. The maximum Gasteiger partial charge on any atom is 0.193 e. The Morgan fingerprint density at radius 1 is 1.47 bits per heavy atom. The molecule has 0 saturated heterocycles. The third kappa shape index (κ3) is 2.84. The average Bonchev–Trinajstić information content (AvgIpc) is 2.94. The van der Waals surface area contributed by atoms with Gasteiger partial charge in [-0.05, 0) is 37.5 Å². The van der Waals surface area contributed by atoms with Crippen molar-refractivity contribution in [2.24, 2.45) is 17.6 Å². The fourth-order valence-electron chi connectivity index (χ4n) is 3.43. The number of fused-ring (bicyclic) bond motifs is 1. The van der Waals surface area contributed by atoms with Crippen LogP contribution in [0.1, 0.15) is 44.7 Å². The van der Waals surface area contributed by atoms with Crippen molar-refractivity contribution in [3.8, 4) is 0 Å². The zero-order valence-electron chi connectivity index (χ0n) is 11.6. The second-order valence-electron chi connectivity index (χ2n) is 5.92. The first kappa shape index (κ1) is 13.1. The standard InChI is InChI=1S/C15H23N3S/c1-2-3-11-4-5-14(16)12(8-11)9-13-10-18-6-7-19-15(18)17-13/h6-7,10-12,14H,2-5,8-9,16H2,1H3. The summed E-state index contributed by atoms with van der Waals surface area (Å²) in [6.45, 7) is 2.28. The molecule has 3 rings (SSSR count). The molecule has 1 saturated carbocycles. The van der Waals surface area contributed by atoms with Crippen LogP contribution in [0.4, 0.5) is 0 Å². The topological polar surface area (TPSA) is 43.3 Å². The highest BCUT2D eigenvalue weighted by Crippen LogP contribution is 2.33. The largest absolute Gasteiger partial charge is 0.327 e. The Balaban J connectivity index is 1.68. The van der Waals surface area contributed by atoms with E-state index in [1.54, 1.807) is 11.3 Å². The first-order chi connectivity index (χ1) is 9.26. The molecule has 3 unspecified atom stereocenters.